The Bertz CT molecular complexity index is 1740. The Morgan fingerprint density at radius 3 is 2.62 bits per heavy atom. The number of H-pyrrole nitrogens is 2. The molecule has 2 spiro atoms. The van der Waals surface area contributed by atoms with Gasteiger partial charge in [-0.2, -0.15) is 0 Å². The maximum Gasteiger partial charge on any atom is 0.261 e. The molecule has 37 heavy (non-hydrogen) atoms. The van der Waals surface area contributed by atoms with Crippen LogP contribution in [0, 0.1) is 5.41 Å². The highest BCUT2D eigenvalue weighted by atomic mass is 79.9. The molecule has 2 aliphatic heterocycles. The fourth-order valence-corrected chi connectivity index (χ4v) is 7.09. The monoisotopic (exact) mass is 558 g/mol. The van der Waals surface area contributed by atoms with Crippen molar-refractivity contribution in [3.63, 3.8) is 0 Å². The Morgan fingerprint density at radius 2 is 1.92 bits per heavy atom. The first-order valence-electron chi connectivity index (χ1n) is 11.8. The number of rotatable bonds is 1. The molecule has 3 unspecified atom stereocenters. The number of halogens is 1. The molecule has 10 nitrogen and oxygen atoms in total. The number of carbonyl (C=O) groups excluding carboxylic acids is 2. The number of aromatic nitrogens is 2. The van der Waals surface area contributed by atoms with E-state index in [-0.39, 0.29) is 30.2 Å². The van der Waals surface area contributed by atoms with Gasteiger partial charge in [-0.1, -0.05) is 40.2 Å². The Balaban J connectivity index is 1.67. The van der Waals surface area contributed by atoms with Crippen molar-refractivity contribution in [2.75, 3.05) is 14.1 Å². The maximum absolute atomic E-state index is 14.5. The average molecular weight is 559 g/mol. The highest BCUT2D eigenvalue weighted by Crippen LogP contribution is 2.59. The molecule has 7 rings (SSSR count). The summed E-state index contributed by atoms with van der Waals surface area (Å²) in [6, 6.07) is 13.6. The SMILES string of the molecule is CN1C(=N)N(C)C2(C1=O)c1[nH]c3cc(Br)ccc3c1CC1(N=C(N)NC1=O)C2c1c[nH]c2ccccc12. The van der Waals surface area contributed by atoms with Crippen molar-refractivity contribution < 1.29 is 9.59 Å². The molecular formula is C26H23BrN8O2. The van der Waals surface area contributed by atoms with Gasteiger partial charge in [-0.15, -0.1) is 0 Å². The fraction of sp³-hybridized carbons (Fsp3) is 0.231. The fourth-order valence-electron chi connectivity index (χ4n) is 6.73. The smallest absolute Gasteiger partial charge is 0.261 e. The van der Waals surface area contributed by atoms with Gasteiger partial charge >= 0.3 is 0 Å². The quantitative estimate of drug-likeness (QED) is 0.244. The van der Waals surface area contributed by atoms with E-state index in [0.717, 1.165) is 37.4 Å². The van der Waals surface area contributed by atoms with Crippen LogP contribution in [-0.4, -0.2) is 63.1 Å². The third-order valence-corrected chi connectivity index (χ3v) is 8.77. The zero-order valence-corrected chi connectivity index (χ0v) is 21.6. The average Bonchev–Trinajstić information content (AvgIpc) is 3.57. The second kappa shape index (κ2) is 7.00. The molecule has 2 aromatic carbocycles. The Hall–Kier alpha value is -4.12. The van der Waals surface area contributed by atoms with E-state index in [1.165, 1.54) is 4.90 Å². The first-order chi connectivity index (χ1) is 17.7. The van der Waals surface area contributed by atoms with Crippen LogP contribution >= 0.6 is 15.9 Å². The molecule has 0 saturated carbocycles. The molecule has 1 aliphatic carbocycles. The molecule has 0 bridgehead atoms. The van der Waals surface area contributed by atoms with E-state index in [1.54, 1.807) is 19.0 Å². The summed E-state index contributed by atoms with van der Waals surface area (Å²) >= 11 is 3.54. The van der Waals surface area contributed by atoms with Crippen molar-refractivity contribution >= 4 is 61.5 Å². The van der Waals surface area contributed by atoms with Crippen molar-refractivity contribution in [1.29, 1.82) is 5.41 Å². The number of hydrogen-bond donors (Lipinski definition) is 5. The van der Waals surface area contributed by atoms with Crippen LogP contribution in [-0.2, 0) is 21.5 Å². The summed E-state index contributed by atoms with van der Waals surface area (Å²) in [5.74, 6) is -1.42. The molecule has 0 radical (unpaired) electrons. The van der Waals surface area contributed by atoms with E-state index in [2.05, 4.69) is 31.2 Å². The molecule has 3 aliphatic rings. The lowest BCUT2D eigenvalue weighted by Crippen LogP contribution is -2.63. The molecule has 1 saturated heterocycles. The first kappa shape index (κ1) is 22.1. The van der Waals surface area contributed by atoms with Crippen molar-refractivity contribution in [1.82, 2.24) is 25.1 Å². The molecule has 11 heteroatoms. The molecule has 186 valence electrons. The van der Waals surface area contributed by atoms with Gasteiger partial charge in [0, 0.05) is 53.0 Å². The van der Waals surface area contributed by atoms with Crippen molar-refractivity contribution in [2.45, 2.75) is 23.4 Å². The number of aromatic amines is 2. The molecule has 4 heterocycles. The number of aliphatic imine (C=N–C) groups is 1. The predicted octanol–water partition coefficient (Wildman–Crippen LogP) is 2.47. The van der Waals surface area contributed by atoms with E-state index >= 15 is 0 Å². The molecule has 2 aromatic heterocycles. The van der Waals surface area contributed by atoms with Crippen LogP contribution in [0.15, 0.2) is 58.1 Å². The molecule has 3 atom stereocenters. The zero-order chi connectivity index (χ0) is 25.9. The predicted molar refractivity (Wildman–Crippen MR) is 143 cm³/mol. The highest BCUT2D eigenvalue weighted by molar-refractivity contribution is 9.10. The summed E-state index contributed by atoms with van der Waals surface area (Å²) < 4.78 is 0.882. The third kappa shape index (κ3) is 2.49. The molecule has 1 fully saturated rings. The Morgan fingerprint density at radius 1 is 1.14 bits per heavy atom. The van der Waals surface area contributed by atoms with Gasteiger partial charge in [-0.05, 0) is 29.3 Å². The number of amides is 2. The number of fused-ring (bicyclic) bond motifs is 5. The minimum atomic E-state index is -1.46. The minimum absolute atomic E-state index is 0.0209. The van der Waals surface area contributed by atoms with Crippen LogP contribution in [0.5, 0.6) is 0 Å². The third-order valence-electron chi connectivity index (χ3n) is 8.27. The number of carbonyl (C=O) groups is 2. The number of para-hydroxylation sites is 1. The van der Waals surface area contributed by atoms with Gasteiger partial charge in [0.25, 0.3) is 11.8 Å². The normalized spacial score (nSPS) is 27.2. The number of hydrogen-bond acceptors (Lipinski definition) is 5. The summed E-state index contributed by atoms with van der Waals surface area (Å²) in [7, 11) is 3.32. The van der Waals surface area contributed by atoms with E-state index < -0.39 is 17.0 Å². The van der Waals surface area contributed by atoms with Gasteiger partial charge in [-0.25, -0.2) is 4.99 Å². The summed E-state index contributed by atoms with van der Waals surface area (Å²) in [4.78, 5) is 43.0. The lowest BCUT2D eigenvalue weighted by molar-refractivity contribution is -0.137. The van der Waals surface area contributed by atoms with Crippen LogP contribution in [0.2, 0.25) is 0 Å². The summed E-state index contributed by atoms with van der Waals surface area (Å²) in [5.41, 5.74) is 7.21. The number of benzene rings is 2. The maximum atomic E-state index is 14.5. The molecule has 2 amide bonds. The van der Waals surface area contributed by atoms with Gasteiger partial charge in [0.05, 0.1) is 11.6 Å². The summed E-state index contributed by atoms with van der Waals surface area (Å²) in [6.45, 7) is 0. The first-order valence-corrected chi connectivity index (χ1v) is 12.6. The van der Waals surface area contributed by atoms with E-state index in [9.17, 15) is 9.59 Å². The largest absolute Gasteiger partial charge is 0.370 e. The molecular weight excluding hydrogens is 536 g/mol. The van der Waals surface area contributed by atoms with Crippen molar-refractivity contribution in [2.24, 2.45) is 10.7 Å². The van der Waals surface area contributed by atoms with E-state index in [0.29, 0.717) is 5.69 Å². The second-order valence-electron chi connectivity index (χ2n) is 9.96. The van der Waals surface area contributed by atoms with Crippen LogP contribution < -0.4 is 11.1 Å². The number of nitrogens with zero attached hydrogens (tertiary/aromatic N) is 3. The van der Waals surface area contributed by atoms with Gasteiger partial charge in [-0.3, -0.25) is 25.2 Å². The van der Waals surface area contributed by atoms with Crippen LogP contribution in [0.4, 0.5) is 0 Å². The standard InChI is InChI=1S/C26H23BrN8O2/c1-34-22(37)26(35(2)24(34)29)19(16-11-30-17-6-4-3-5-13(16)17)25(21(36)32-23(28)33-25)10-15-14-8-7-12(27)9-18(14)31-20(15)26/h3-9,11,19,29-31H,10H2,1-2H3,(H3,28,32,33,36). The zero-order valence-electron chi connectivity index (χ0n) is 20.0. The van der Waals surface area contributed by atoms with Crippen LogP contribution in [0.25, 0.3) is 21.8 Å². The Labute approximate surface area is 219 Å². The van der Waals surface area contributed by atoms with Crippen molar-refractivity contribution in [3.8, 4) is 0 Å². The van der Waals surface area contributed by atoms with Crippen molar-refractivity contribution in [3.05, 3.63) is 70.0 Å². The molecule has 4 aromatic rings. The second-order valence-corrected chi connectivity index (χ2v) is 10.9. The number of likely N-dealkylation sites (N-methyl/N-ethyl adjacent to an activating group) is 2. The topological polar surface area (TPSA) is 146 Å². The van der Waals surface area contributed by atoms with Crippen LogP contribution in [0.1, 0.15) is 22.7 Å². The summed E-state index contributed by atoms with van der Waals surface area (Å²) in [6.07, 6.45) is 2.09. The highest BCUT2D eigenvalue weighted by Gasteiger charge is 2.71. The van der Waals surface area contributed by atoms with E-state index in [4.69, 9.17) is 16.1 Å². The lowest BCUT2D eigenvalue weighted by Gasteiger charge is -2.49. The number of nitrogens with two attached hydrogens (primary N) is 1. The Kier molecular flexibility index (Phi) is 4.18. The van der Waals surface area contributed by atoms with Crippen LogP contribution in [0.3, 0.4) is 0 Å². The lowest BCUT2D eigenvalue weighted by atomic mass is 9.58. The van der Waals surface area contributed by atoms with Gasteiger partial charge in [0.2, 0.25) is 5.96 Å². The number of guanidine groups is 2. The molecule has 6 N–H and O–H groups in total. The van der Waals surface area contributed by atoms with Gasteiger partial charge < -0.3 is 20.6 Å². The summed E-state index contributed by atoms with van der Waals surface area (Å²) in [5, 5.41) is 13.3. The van der Waals surface area contributed by atoms with Gasteiger partial charge in [0.1, 0.15) is 0 Å². The minimum Gasteiger partial charge on any atom is -0.370 e. The van der Waals surface area contributed by atoms with Gasteiger partial charge in [0.15, 0.2) is 17.0 Å². The number of nitrogens with one attached hydrogen (secondary N) is 4. The van der Waals surface area contributed by atoms with E-state index in [1.807, 2.05) is 48.7 Å².